The molecular weight excluding hydrogens is 238 g/mol. The summed E-state index contributed by atoms with van der Waals surface area (Å²) < 4.78 is 0. The maximum Gasteiger partial charge on any atom is 0.317 e. The second-order valence-corrected chi connectivity index (χ2v) is 4.61. The maximum atomic E-state index is 11.6. The van der Waals surface area contributed by atoms with Crippen molar-refractivity contribution < 1.29 is 19.5 Å². The van der Waals surface area contributed by atoms with Gasteiger partial charge < -0.3 is 20.2 Å². The molecule has 2 heterocycles. The van der Waals surface area contributed by atoms with Crippen LogP contribution in [0, 0.1) is 0 Å². The monoisotopic (exact) mass is 255 g/mol. The summed E-state index contributed by atoms with van der Waals surface area (Å²) >= 11 is 0. The summed E-state index contributed by atoms with van der Waals surface area (Å²) in [4.78, 5) is 36.9. The van der Waals surface area contributed by atoms with Gasteiger partial charge in [0.2, 0.25) is 5.91 Å². The lowest BCUT2D eigenvalue weighted by Gasteiger charge is -2.35. The minimum Gasteiger partial charge on any atom is -0.481 e. The molecule has 0 atom stereocenters. The van der Waals surface area contributed by atoms with Crippen LogP contribution in [0.3, 0.4) is 0 Å². The number of carboxylic acid groups (broad SMARTS) is 1. The first-order valence-corrected chi connectivity index (χ1v) is 6.12. The molecule has 0 spiro atoms. The predicted octanol–water partition coefficient (Wildman–Crippen LogP) is -0.523. The normalized spacial score (nSPS) is 21.0. The predicted molar refractivity (Wildman–Crippen MR) is 62.0 cm³/mol. The lowest BCUT2D eigenvalue weighted by atomic mass is 10.0. The Morgan fingerprint density at radius 1 is 1.28 bits per heavy atom. The molecule has 7 heteroatoms. The van der Waals surface area contributed by atoms with Crippen molar-refractivity contribution in [1.82, 2.24) is 15.1 Å². The Kier molecular flexibility index (Phi) is 3.69. The number of urea groups is 1. The Labute approximate surface area is 105 Å². The summed E-state index contributed by atoms with van der Waals surface area (Å²) in [6.07, 6.45) is 0.992. The van der Waals surface area contributed by atoms with Crippen LogP contribution in [0.15, 0.2) is 0 Å². The van der Waals surface area contributed by atoms with Crippen LogP contribution in [0.4, 0.5) is 4.79 Å². The Morgan fingerprint density at radius 3 is 2.44 bits per heavy atom. The largest absolute Gasteiger partial charge is 0.481 e. The number of hydrogen-bond acceptors (Lipinski definition) is 3. The number of hydrogen-bond donors (Lipinski definition) is 2. The fourth-order valence-electron chi connectivity index (χ4n) is 2.50. The van der Waals surface area contributed by atoms with Crippen LogP contribution in [-0.2, 0) is 9.59 Å². The lowest BCUT2D eigenvalue weighted by molar-refractivity contribution is -0.144. The van der Waals surface area contributed by atoms with E-state index in [-0.39, 0.29) is 18.0 Å². The number of carboxylic acids is 1. The molecule has 0 radical (unpaired) electrons. The molecule has 0 aromatic carbocycles. The topological polar surface area (TPSA) is 89.9 Å². The maximum absolute atomic E-state index is 11.6. The summed E-state index contributed by atoms with van der Waals surface area (Å²) in [7, 11) is 0. The van der Waals surface area contributed by atoms with Crippen molar-refractivity contribution in [2.24, 2.45) is 0 Å². The van der Waals surface area contributed by atoms with Crippen molar-refractivity contribution >= 4 is 17.9 Å². The Morgan fingerprint density at radius 2 is 1.94 bits per heavy atom. The number of amides is 3. The fourth-order valence-corrected chi connectivity index (χ4v) is 2.50. The number of carbonyl (C=O) groups excluding carboxylic acids is 2. The SMILES string of the molecule is O=C(O)CC(=O)N1CCC(N2CCNC2=O)CC1. The standard InChI is InChI=1S/C11H17N3O4/c15-9(7-10(16)17)13-4-1-8(2-5-13)14-6-3-12-11(14)18/h8H,1-7H2,(H,12,18)(H,16,17). The van der Waals surface area contributed by atoms with Gasteiger partial charge in [0.05, 0.1) is 0 Å². The zero-order valence-corrected chi connectivity index (χ0v) is 10.1. The molecule has 2 rings (SSSR count). The Bertz CT molecular complexity index is 363. The van der Waals surface area contributed by atoms with Crippen LogP contribution in [0.1, 0.15) is 19.3 Å². The van der Waals surface area contributed by atoms with Gasteiger partial charge in [-0.3, -0.25) is 9.59 Å². The summed E-state index contributed by atoms with van der Waals surface area (Å²) in [6, 6.07) is 0.131. The highest BCUT2D eigenvalue weighted by molar-refractivity contribution is 5.93. The second-order valence-electron chi connectivity index (χ2n) is 4.61. The van der Waals surface area contributed by atoms with E-state index in [9.17, 15) is 14.4 Å². The van der Waals surface area contributed by atoms with Gasteiger partial charge in [0.1, 0.15) is 6.42 Å². The minimum absolute atomic E-state index is 0.0367. The minimum atomic E-state index is -1.10. The molecular formula is C11H17N3O4. The highest BCUT2D eigenvalue weighted by Gasteiger charge is 2.32. The first-order chi connectivity index (χ1) is 8.58. The number of piperidine rings is 1. The van der Waals surface area contributed by atoms with Crippen LogP contribution in [-0.4, -0.2) is 65.0 Å². The smallest absolute Gasteiger partial charge is 0.317 e. The van der Waals surface area contributed by atoms with Gasteiger partial charge in [-0.1, -0.05) is 0 Å². The number of nitrogens with zero attached hydrogens (tertiary/aromatic N) is 2. The van der Waals surface area contributed by atoms with Crippen molar-refractivity contribution in [3.8, 4) is 0 Å². The zero-order chi connectivity index (χ0) is 13.1. The van der Waals surface area contributed by atoms with Crippen LogP contribution < -0.4 is 5.32 Å². The van der Waals surface area contributed by atoms with Gasteiger partial charge in [0.25, 0.3) is 0 Å². The molecule has 2 aliphatic rings. The third-order valence-corrected chi connectivity index (χ3v) is 3.45. The second kappa shape index (κ2) is 5.24. The van der Waals surface area contributed by atoms with Gasteiger partial charge in [-0.25, -0.2) is 4.79 Å². The molecule has 18 heavy (non-hydrogen) atoms. The summed E-state index contributed by atoms with van der Waals surface area (Å²) in [6.45, 7) is 2.45. The molecule has 7 nitrogen and oxygen atoms in total. The van der Waals surface area contributed by atoms with Gasteiger partial charge in [0.15, 0.2) is 0 Å². The van der Waals surface area contributed by atoms with E-state index in [0.29, 0.717) is 26.2 Å². The van der Waals surface area contributed by atoms with E-state index < -0.39 is 12.4 Å². The van der Waals surface area contributed by atoms with Crippen molar-refractivity contribution in [1.29, 1.82) is 0 Å². The highest BCUT2D eigenvalue weighted by Crippen LogP contribution is 2.18. The van der Waals surface area contributed by atoms with Crippen LogP contribution >= 0.6 is 0 Å². The molecule has 0 saturated carbocycles. The Hall–Kier alpha value is -1.79. The molecule has 0 aromatic rings. The van der Waals surface area contributed by atoms with Gasteiger partial charge in [-0.2, -0.15) is 0 Å². The van der Waals surface area contributed by atoms with Gasteiger partial charge in [-0.05, 0) is 12.8 Å². The van der Waals surface area contributed by atoms with E-state index in [1.165, 1.54) is 0 Å². The molecule has 100 valence electrons. The molecule has 2 N–H and O–H groups in total. The van der Waals surface area contributed by atoms with E-state index in [4.69, 9.17) is 5.11 Å². The lowest BCUT2D eigenvalue weighted by Crippen LogP contribution is -2.48. The third kappa shape index (κ3) is 2.72. The molecule has 2 fully saturated rings. The molecule has 0 unspecified atom stereocenters. The van der Waals surface area contributed by atoms with Gasteiger partial charge in [-0.15, -0.1) is 0 Å². The third-order valence-electron chi connectivity index (χ3n) is 3.45. The first-order valence-electron chi connectivity index (χ1n) is 6.12. The quantitative estimate of drug-likeness (QED) is 0.664. The number of nitrogens with one attached hydrogen (secondary N) is 1. The van der Waals surface area contributed by atoms with Crippen LogP contribution in [0.2, 0.25) is 0 Å². The van der Waals surface area contributed by atoms with Crippen LogP contribution in [0.25, 0.3) is 0 Å². The van der Waals surface area contributed by atoms with Gasteiger partial charge >= 0.3 is 12.0 Å². The number of likely N-dealkylation sites (tertiary alicyclic amines) is 1. The van der Waals surface area contributed by atoms with Crippen molar-refractivity contribution in [2.75, 3.05) is 26.2 Å². The average molecular weight is 255 g/mol. The summed E-state index contributed by atoms with van der Waals surface area (Å²) in [5.74, 6) is -1.44. The number of carbonyl (C=O) groups is 3. The molecule has 0 aliphatic carbocycles. The van der Waals surface area contributed by atoms with E-state index in [1.807, 2.05) is 0 Å². The average Bonchev–Trinajstić information content (AvgIpc) is 2.75. The summed E-state index contributed by atoms with van der Waals surface area (Å²) in [5, 5.41) is 11.3. The molecule has 0 bridgehead atoms. The molecule has 3 amide bonds. The van der Waals surface area contributed by atoms with E-state index >= 15 is 0 Å². The first kappa shape index (κ1) is 12.7. The molecule has 2 saturated heterocycles. The number of rotatable bonds is 3. The van der Waals surface area contributed by atoms with E-state index in [0.717, 1.165) is 12.8 Å². The fraction of sp³-hybridized carbons (Fsp3) is 0.727. The van der Waals surface area contributed by atoms with E-state index in [2.05, 4.69) is 5.32 Å². The number of aliphatic carboxylic acids is 1. The molecule has 2 aliphatic heterocycles. The zero-order valence-electron chi connectivity index (χ0n) is 10.1. The Balaban J connectivity index is 1.82. The van der Waals surface area contributed by atoms with E-state index in [1.54, 1.807) is 9.80 Å². The molecule has 0 aromatic heterocycles. The van der Waals surface area contributed by atoms with Crippen LogP contribution in [0.5, 0.6) is 0 Å². The van der Waals surface area contributed by atoms with Crippen molar-refractivity contribution in [2.45, 2.75) is 25.3 Å². The van der Waals surface area contributed by atoms with Crippen molar-refractivity contribution in [3.05, 3.63) is 0 Å². The van der Waals surface area contributed by atoms with Gasteiger partial charge in [0, 0.05) is 32.2 Å². The van der Waals surface area contributed by atoms with Crippen molar-refractivity contribution in [3.63, 3.8) is 0 Å². The summed E-state index contributed by atoms with van der Waals surface area (Å²) in [5.41, 5.74) is 0. The highest BCUT2D eigenvalue weighted by atomic mass is 16.4.